The number of benzene rings is 7. The molecule has 3 heteroatoms. The quantitative estimate of drug-likeness (QED) is 0.182. The third-order valence-corrected chi connectivity index (χ3v) is 11.7. The van der Waals surface area contributed by atoms with E-state index < -0.39 is 0 Å². The number of hydrogen-bond donors (Lipinski definition) is 0. The molecule has 0 fully saturated rings. The molecule has 1 atom stereocenters. The Labute approximate surface area is 301 Å². The second kappa shape index (κ2) is 11.7. The van der Waals surface area contributed by atoms with E-state index >= 15 is 0 Å². The first kappa shape index (κ1) is 29.7. The molecule has 0 saturated heterocycles. The van der Waals surface area contributed by atoms with Crippen molar-refractivity contribution in [3.63, 3.8) is 0 Å². The molecule has 2 aromatic heterocycles. The third kappa shape index (κ3) is 4.77. The van der Waals surface area contributed by atoms with Crippen molar-refractivity contribution in [1.29, 1.82) is 0 Å². The predicted molar refractivity (Wildman–Crippen MR) is 214 cm³/mol. The molecule has 1 aliphatic carbocycles. The van der Waals surface area contributed by atoms with Crippen LogP contribution in [0.25, 0.3) is 76.3 Å². The maximum Gasteiger partial charge on any atom is 0.160 e. The summed E-state index contributed by atoms with van der Waals surface area (Å²) in [7, 11) is 0. The first-order chi connectivity index (χ1) is 25.1. The van der Waals surface area contributed by atoms with E-state index in [-0.39, 0.29) is 5.41 Å². The summed E-state index contributed by atoms with van der Waals surface area (Å²) in [6, 6.07) is 63.3. The summed E-state index contributed by atoms with van der Waals surface area (Å²) in [6.45, 7) is 2.36. The Morgan fingerprint density at radius 3 is 1.88 bits per heavy atom. The van der Waals surface area contributed by atoms with E-state index in [9.17, 15) is 0 Å². The molecule has 10 rings (SSSR count). The summed E-state index contributed by atoms with van der Waals surface area (Å²) in [5, 5.41) is 2.61. The van der Waals surface area contributed by atoms with Gasteiger partial charge in [-0.2, -0.15) is 0 Å². The van der Waals surface area contributed by atoms with E-state index in [1.54, 1.807) is 0 Å². The minimum Gasteiger partial charge on any atom is -0.228 e. The molecule has 0 N–H and O–H groups in total. The monoisotopic (exact) mass is 668 g/mol. The van der Waals surface area contributed by atoms with Crippen molar-refractivity contribution < 1.29 is 0 Å². The average Bonchev–Trinajstić information content (AvgIpc) is 3.72. The van der Waals surface area contributed by atoms with Crippen LogP contribution in [0, 0.1) is 0 Å². The molecule has 51 heavy (non-hydrogen) atoms. The molecule has 0 aliphatic heterocycles. The zero-order chi connectivity index (χ0) is 33.9. The van der Waals surface area contributed by atoms with Gasteiger partial charge < -0.3 is 0 Å². The highest BCUT2D eigenvalue weighted by Crippen LogP contribution is 2.53. The summed E-state index contributed by atoms with van der Waals surface area (Å²) < 4.78 is 2.61. The fourth-order valence-corrected chi connectivity index (χ4v) is 9.19. The molecule has 0 bridgehead atoms. The Morgan fingerprint density at radius 2 is 1.04 bits per heavy atom. The van der Waals surface area contributed by atoms with Gasteiger partial charge in [-0.1, -0.05) is 146 Å². The van der Waals surface area contributed by atoms with Crippen LogP contribution in [0.5, 0.6) is 0 Å². The molecule has 9 aromatic rings. The topological polar surface area (TPSA) is 25.8 Å². The van der Waals surface area contributed by atoms with Crippen LogP contribution in [0.15, 0.2) is 176 Å². The number of aromatic nitrogens is 2. The summed E-state index contributed by atoms with van der Waals surface area (Å²) >= 11 is 1.85. The first-order valence-corrected chi connectivity index (χ1v) is 18.2. The maximum atomic E-state index is 5.23. The Kier molecular flexibility index (Phi) is 6.83. The Morgan fingerprint density at radius 1 is 0.431 bits per heavy atom. The third-order valence-electron chi connectivity index (χ3n) is 10.6. The molecular formula is C48H32N2S. The fraction of sp³-hybridized carbons (Fsp3) is 0.0417. The minimum atomic E-state index is -0.289. The minimum absolute atomic E-state index is 0.289. The van der Waals surface area contributed by atoms with E-state index in [0.717, 1.165) is 28.1 Å². The maximum absolute atomic E-state index is 5.23. The highest BCUT2D eigenvalue weighted by molar-refractivity contribution is 7.25. The number of thiophene rings is 1. The summed E-state index contributed by atoms with van der Waals surface area (Å²) in [5.74, 6) is 0.717. The summed E-state index contributed by atoms with van der Waals surface area (Å²) in [5.41, 5.74) is 13.6. The van der Waals surface area contributed by atoms with Gasteiger partial charge in [0, 0.05) is 42.3 Å². The van der Waals surface area contributed by atoms with Crippen LogP contribution >= 0.6 is 11.3 Å². The van der Waals surface area contributed by atoms with Crippen LogP contribution in [0.3, 0.4) is 0 Å². The molecule has 0 spiro atoms. The standard InChI is InChI=1S/C48H32N2S/c1-48(35-18-6-3-7-19-35)40-23-10-8-20-37(40)38-27-26-34(29-41(38)48)43-30-42(49-47(50-43)31-14-4-2-5-15-31)33-17-12-16-32(28-33)36-22-13-25-45-46(36)39-21-9-11-24-44(39)51-45/h2-30H,1H3. The van der Waals surface area contributed by atoms with Gasteiger partial charge in [-0.3, -0.25) is 0 Å². The second-order valence-corrected chi connectivity index (χ2v) is 14.6. The number of hydrogen-bond acceptors (Lipinski definition) is 3. The molecule has 7 aromatic carbocycles. The van der Waals surface area contributed by atoms with Gasteiger partial charge in [0.05, 0.1) is 11.4 Å². The molecule has 1 aliphatic rings. The molecule has 2 heterocycles. The molecule has 0 radical (unpaired) electrons. The van der Waals surface area contributed by atoms with Crippen molar-refractivity contribution in [2.45, 2.75) is 12.3 Å². The lowest BCUT2D eigenvalue weighted by atomic mass is 9.74. The largest absolute Gasteiger partial charge is 0.228 e. The fourth-order valence-electron chi connectivity index (χ4n) is 8.05. The first-order valence-electron chi connectivity index (χ1n) is 17.4. The normalized spacial score (nSPS) is 14.8. The zero-order valence-corrected chi connectivity index (χ0v) is 28.9. The van der Waals surface area contributed by atoms with Crippen molar-refractivity contribution in [2.75, 3.05) is 0 Å². The van der Waals surface area contributed by atoms with Gasteiger partial charge in [0.2, 0.25) is 0 Å². The molecular weight excluding hydrogens is 637 g/mol. The van der Waals surface area contributed by atoms with Gasteiger partial charge in [0.15, 0.2) is 5.82 Å². The van der Waals surface area contributed by atoms with Gasteiger partial charge in [-0.05, 0) is 76.2 Å². The lowest BCUT2D eigenvalue weighted by molar-refractivity contribution is 0.714. The Hall–Kier alpha value is -6.16. The van der Waals surface area contributed by atoms with E-state index in [2.05, 4.69) is 177 Å². The van der Waals surface area contributed by atoms with Crippen LogP contribution in [-0.2, 0) is 5.41 Å². The van der Waals surface area contributed by atoms with Crippen LogP contribution in [-0.4, -0.2) is 9.97 Å². The number of nitrogens with zero attached hydrogens (tertiary/aromatic N) is 2. The lowest BCUT2D eigenvalue weighted by Gasteiger charge is -2.28. The van der Waals surface area contributed by atoms with Crippen molar-refractivity contribution in [1.82, 2.24) is 9.97 Å². The van der Waals surface area contributed by atoms with E-state index in [1.807, 2.05) is 17.4 Å². The Balaban J connectivity index is 1.15. The molecule has 0 saturated carbocycles. The summed E-state index contributed by atoms with van der Waals surface area (Å²) in [6.07, 6.45) is 0. The predicted octanol–water partition coefficient (Wildman–Crippen LogP) is 12.8. The molecule has 0 amide bonds. The SMILES string of the molecule is CC1(c2ccccc2)c2ccccc2-c2ccc(-c3cc(-c4cccc(-c5cccc6sc7ccccc7c56)c4)nc(-c4ccccc4)n3)cc21. The highest BCUT2D eigenvalue weighted by atomic mass is 32.1. The van der Waals surface area contributed by atoms with Crippen molar-refractivity contribution >= 4 is 31.5 Å². The number of rotatable bonds is 5. The Bertz CT molecular complexity index is 2760. The van der Waals surface area contributed by atoms with Crippen LogP contribution < -0.4 is 0 Å². The van der Waals surface area contributed by atoms with Crippen LogP contribution in [0.2, 0.25) is 0 Å². The highest BCUT2D eigenvalue weighted by Gasteiger charge is 2.40. The van der Waals surface area contributed by atoms with Crippen molar-refractivity contribution in [3.8, 4) is 56.2 Å². The van der Waals surface area contributed by atoms with Gasteiger partial charge in [0.1, 0.15) is 0 Å². The van der Waals surface area contributed by atoms with Gasteiger partial charge >= 0.3 is 0 Å². The second-order valence-electron chi connectivity index (χ2n) is 13.5. The van der Waals surface area contributed by atoms with Gasteiger partial charge in [-0.25, -0.2) is 9.97 Å². The summed E-state index contributed by atoms with van der Waals surface area (Å²) in [4.78, 5) is 10.4. The van der Waals surface area contributed by atoms with Crippen molar-refractivity contribution in [3.05, 3.63) is 193 Å². The van der Waals surface area contributed by atoms with Crippen LogP contribution in [0.4, 0.5) is 0 Å². The molecule has 2 nitrogen and oxygen atoms in total. The van der Waals surface area contributed by atoms with Gasteiger partial charge in [0.25, 0.3) is 0 Å². The molecule has 1 unspecified atom stereocenters. The zero-order valence-electron chi connectivity index (χ0n) is 28.0. The van der Waals surface area contributed by atoms with E-state index in [4.69, 9.17) is 9.97 Å². The smallest absolute Gasteiger partial charge is 0.160 e. The van der Waals surface area contributed by atoms with Crippen LogP contribution in [0.1, 0.15) is 23.6 Å². The van der Waals surface area contributed by atoms with E-state index in [0.29, 0.717) is 5.82 Å². The van der Waals surface area contributed by atoms with Crippen molar-refractivity contribution in [2.24, 2.45) is 0 Å². The average molecular weight is 669 g/mol. The number of fused-ring (bicyclic) bond motifs is 6. The van der Waals surface area contributed by atoms with Gasteiger partial charge in [-0.15, -0.1) is 11.3 Å². The lowest BCUT2D eigenvalue weighted by Crippen LogP contribution is -2.22. The molecule has 240 valence electrons. The van der Waals surface area contributed by atoms with E-state index in [1.165, 1.54) is 59.1 Å².